The molecule has 5 heteroatoms. The van der Waals surface area contributed by atoms with Gasteiger partial charge in [0.2, 0.25) is 0 Å². The summed E-state index contributed by atoms with van der Waals surface area (Å²) in [5.41, 5.74) is 2.41. The van der Waals surface area contributed by atoms with E-state index in [1.165, 1.54) is 7.05 Å². The van der Waals surface area contributed by atoms with E-state index in [0.29, 0.717) is 10.6 Å². The van der Waals surface area contributed by atoms with Gasteiger partial charge in [0.1, 0.15) is 0 Å². The summed E-state index contributed by atoms with van der Waals surface area (Å²) in [7, 11) is 1.41. The van der Waals surface area contributed by atoms with Gasteiger partial charge < -0.3 is 5.32 Å². The third-order valence-corrected chi connectivity index (χ3v) is 2.89. The largest absolute Gasteiger partial charge is 0.340 e. The predicted octanol–water partition coefficient (Wildman–Crippen LogP) is 2.01. The van der Waals surface area contributed by atoms with Gasteiger partial charge in [0.05, 0.1) is 0 Å². The van der Waals surface area contributed by atoms with Crippen LogP contribution in [0.3, 0.4) is 0 Å². The van der Waals surface area contributed by atoms with E-state index in [9.17, 15) is 9.59 Å². The second kappa shape index (κ2) is 5.99. The molecule has 5 nitrogen and oxygen atoms in total. The minimum absolute atomic E-state index is 0.357. The molecule has 0 fully saturated rings. The highest BCUT2D eigenvalue weighted by molar-refractivity contribution is 6.03. The van der Waals surface area contributed by atoms with Crippen molar-refractivity contribution in [3.8, 4) is 11.1 Å². The van der Waals surface area contributed by atoms with Gasteiger partial charge in [0, 0.05) is 12.6 Å². The van der Waals surface area contributed by atoms with Crippen LogP contribution in [-0.2, 0) is 0 Å². The van der Waals surface area contributed by atoms with E-state index >= 15 is 0 Å². The number of hydrazine groups is 1. The van der Waals surface area contributed by atoms with Gasteiger partial charge in [-0.3, -0.25) is 4.79 Å². The summed E-state index contributed by atoms with van der Waals surface area (Å²) in [6, 6.07) is 16.1. The van der Waals surface area contributed by atoms with Crippen LogP contribution >= 0.6 is 0 Å². The van der Waals surface area contributed by atoms with Gasteiger partial charge in [0.15, 0.2) is 0 Å². The SMILES string of the molecule is CNC(=O)N(N)C(=O)c1ccc(-c2ccccc2)cc1. The standard InChI is InChI=1S/C15H15N3O2/c1-17-15(20)18(16)14(19)13-9-7-12(8-10-13)11-5-3-2-4-6-11/h2-10H,16H2,1H3,(H,17,20). The third kappa shape index (κ3) is 2.84. The number of imide groups is 1. The van der Waals surface area contributed by atoms with Crippen LogP contribution in [0, 0.1) is 0 Å². The van der Waals surface area contributed by atoms with E-state index in [2.05, 4.69) is 5.32 Å². The molecule has 0 aliphatic rings. The molecule has 3 amide bonds. The Balaban J connectivity index is 2.21. The van der Waals surface area contributed by atoms with E-state index in [4.69, 9.17) is 5.84 Å². The summed E-state index contributed by atoms with van der Waals surface area (Å²) < 4.78 is 0. The van der Waals surface area contributed by atoms with Crippen molar-refractivity contribution in [3.05, 3.63) is 60.2 Å². The van der Waals surface area contributed by atoms with Crippen LogP contribution in [0.15, 0.2) is 54.6 Å². The fourth-order valence-corrected chi connectivity index (χ4v) is 1.79. The van der Waals surface area contributed by atoms with Gasteiger partial charge in [0.25, 0.3) is 5.91 Å². The molecule has 0 aliphatic carbocycles. The zero-order chi connectivity index (χ0) is 14.5. The van der Waals surface area contributed by atoms with Crippen LogP contribution in [-0.4, -0.2) is 24.0 Å². The Morgan fingerprint density at radius 1 is 0.950 bits per heavy atom. The monoisotopic (exact) mass is 269 g/mol. The number of nitrogens with zero attached hydrogens (tertiary/aromatic N) is 1. The van der Waals surface area contributed by atoms with Crippen molar-refractivity contribution in [1.82, 2.24) is 10.3 Å². The molecule has 0 unspecified atom stereocenters. The lowest BCUT2D eigenvalue weighted by Gasteiger charge is -2.14. The number of amides is 3. The lowest BCUT2D eigenvalue weighted by atomic mass is 10.0. The molecule has 0 heterocycles. The zero-order valence-corrected chi connectivity index (χ0v) is 11.0. The number of benzene rings is 2. The molecule has 0 saturated carbocycles. The topological polar surface area (TPSA) is 75.4 Å². The molecule has 0 radical (unpaired) electrons. The van der Waals surface area contributed by atoms with Gasteiger partial charge in [-0.25, -0.2) is 10.6 Å². The van der Waals surface area contributed by atoms with E-state index in [1.807, 2.05) is 42.5 Å². The second-order valence-electron chi connectivity index (χ2n) is 4.17. The zero-order valence-electron chi connectivity index (χ0n) is 11.0. The lowest BCUT2D eigenvalue weighted by Crippen LogP contribution is -2.47. The molecule has 0 bridgehead atoms. The van der Waals surface area contributed by atoms with E-state index in [0.717, 1.165) is 11.1 Å². The molecule has 2 rings (SSSR count). The van der Waals surface area contributed by atoms with Crippen molar-refractivity contribution in [2.24, 2.45) is 5.84 Å². The van der Waals surface area contributed by atoms with Gasteiger partial charge in [-0.15, -0.1) is 0 Å². The fraction of sp³-hybridized carbons (Fsp3) is 0.0667. The molecule has 0 aliphatic heterocycles. The molecule has 102 valence electrons. The number of rotatable bonds is 2. The Morgan fingerprint density at radius 3 is 2.05 bits per heavy atom. The average molecular weight is 269 g/mol. The summed E-state index contributed by atoms with van der Waals surface area (Å²) in [5, 5.41) is 2.85. The second-order valence-corrected chi connectivity index (χ2v) is 4.17. The van der Waals surface area contributed by atoms with Crippen molar-refractivity contribution in [2.75, 3.05) is 7.05 Å². The molecule has 20 heavy (non-hydrogen) atoms. The Hall–Kier alpha value is -2.66. The maximum absolute atomic E-state index is 11.9. The van der Waals surface area contributed by atoms with Gasteiger partial charge in [-0.2, -0.15) is 5.01 Å². The lowest BCUT2D eigenvalue weighted by molar-refractivity contribution is 0.0802. The Bertz CT molecular complexity index is 609. The molecule has 2 aromatic carbocycles. The summed E-state index contributed by atoms with van der Waals surface area (Å²) in [5.74, 6) is 4.87. The molecular formula is C15H15N3O2. The normalized spacial score (nSPS) is 9.90. The first-order valence-electron chi connectivity index (χ1n) is 6.10. The first kappa shape index (κ1) is 13.8. The third-order valence-electron chi connectivity index (χ3n) is 2.89. The highest BCUT2D eigenvalue weighted by Crippen LogP contribution is 2.19. The number of nitrogens with two attached hydrogens (primary N) is 1. The first-order chi connectivity index (χ1) is 9.63. The summed E-state index contributed by atoms with van der Waals surface area (Å²) >= 11 is 0. The molecule has 0 aromatic heterocycles. The quantitative estimate of drug-likeness (QED) is 0.497. The first-order valence-corrected chi connectivity index (χ1v) is 6.10. The summed E-state index contributed by atoms with van der Waals surface area (Å²) in [6.07, 6.45) is 0. The van der Waals surface area contributed by atoms with Crippen LogP contribution in [0.5, 0.6) is 0 Å². The van der Waals surface area contributed by atoms with Crippen LogP contribution in [0.25, 0.3) is 11.1 Å². The van der Waals surface area contributed by atoms with E-state index < -0.39 is 11.9 Å². The summed E-state index contributed by atoms with van der Waals surface area (Å²) in [6.45, 7) is 0. The van der Waals surface area contributed by atoms with Gasteiger partial charge in [-0.1, -0.05) is 42.5 Å². The number of carbonyl (C=O) groups excluding carboxylic acids is 2. The highest BCUT2D eigenvalue weighted by atomic mass is 16.2. The Morgan fingerprint density at radius 2 is 1.50 bits per heavy atom. The number of hydrogen-bond acceptors (Lipinski definition) is 3. The fourth-order valence-electron chi connectivity index (χ4n) is 1.79. The molecule has 0 saturated heterocycles. The van der Waals surface area contributed by atoms with Gasteiger partial charge >= 0.3 is 6.03 Å². The van der Waals surface area contributed by atoms with Crippen LogP contribution in [0.2, 0.25) is 0 Å². The van der Waals surface area contributed by atoms with Crippen molar-refractivity contribution < 1.29 is 9.59 Å². The molecule has 2 aromatic rings. The maximum atomic E-state index is 11.9. The van der Waals surface area contributed by atoms with Crippen molar-refractivity contribution in [2.45, 2.75) is 0 Å². The Labute approximate surface area is 117 Å². The van der Waals surface area contributed by atoms with Crippen LogP contribution in [0.1, 0.15) is 10.4 Å². The minimum Gasteiger partial charge on any atom is -0.340 e. The molecule has 3 N–H and O–H groups in total. The molecular weight excluding hydrogens is 254 g/mol. The minimum atomic E-state index is -0.651. The van der Waals surface area contributed by atoms with Crippen LogP contribution in [0.4, 0.5) is 4.79 Å². The Kier molecular flexibility index (Phi) is 4.12. The average Bonchev–Trinajstić information content (AvgIpc) is 2.53. The van der Waals surface area contributed by atoms with Crippen molar-refractivity contribution in [3.63, 3.8) is 0 Å². The molecule has 0 atom stereocenters. The number of urea groups is 1. The van der Waals surface area contributed by atoms with Crippen molar-refractivity contribution >= 4 is 11.9 Å². The van der Waals surface area contributed by atoms with Crippen molar-refractivity contribution in [1.29, 1.82) is 0 Å². The molecule has 0 spiro atoms. The number of hydrogen-bond donors (Lipinski definition) is 2. The summed E-state index contributed by atoms with van der Waals surface area (Å²) in [4.78, 5) is 23.2. The maximum Gasteiger partial charge on any atom is 0.338 e. The highest BCUT2D eigenvalue weighted by Gasteiger charge is 2.18. The number of nitrogens with one attached hydrogen (secondary N) is 1. The smallest absolute Gasteiger partial charge is 0.338 e. The number of carbonyl (C=O) groups is 2. The van der Waals surface area contributed by atoms with E-state index in [-0.39, 0.29) is 0 Å². The van der Waals surface area contributed by atoms with Crippen LogP contribution < -0.4 is 11.2 Å². The predicted molar refractivity (Wildman–Crippen MR) is 76.7 cm³/mol. The van der Waals surface area contributed by atoms with Gasteiger partial charge in [-0.05, 0) is 23.3 Å². The van der Waals surface area contributed by atoms with E-state index in [1.54, 1.807) is 12.1 Å².